The van der Waals surface area contributed by atoms with Crippen LogP contribution in [0.4, 0.5) is 5.69 Å². The lowest BCUT2D eigenvalue weighted by molar-refractivity contribution is -0.385. The van der Waals surface area contributed by atoms with Gasteiger partial charge in [-0.1, -0.05) is 18.2 Å². The maximum absolute atomic E-state index is 12.6. The normalized spacial score (nSPS) is 10.4. The molecule has 0 spiro atoms. The number of nitrogens with zero attached hydrogens (tertiary/aromatic N) is 2. The van der Waals surface area contributed by atoms with E-state index in [1.54, 1.807) is 42.8 Å². The Labute approximate surface area is 139 Å². The van der Waals surface area contributed by atoms with E-state index in [0.29, 0.717) is 17.7 Å². The van der Waals surface area contributed by atoms with Crippen molar-refractivity contribution in [2.45, 2.75) is 18.4 Å². The van der Waals surface area contributed by atoms with Gasteiger partial charge in [0.2, 0.25) is 0 Å². The van der Waals surface area contributed by atoms with Crippen molar-refractivity contribution >= 4 is 23.4 Å². The van der Waals surface area contributed by atoms with Crippen LogP contribution in [0.5, 0.6) is 0 Å². The topological polar surface area (TPSA) is 63.5 Å². The monoisotopic (exact) mass is 330 g/mol. The molecule has 0 saturated carbocycles. The molecule has 0 N–H and O–H groups in total. The summed E-state index contributed by atoms with van der Waals surface area (Å²) >= 11 is 1.66. The lowest BCUT2D eigenvalue weighted by Crippen LogP contribution is -2.27. The quantitative estimate of drug-likeness (QED) is 0.474. The average Bonchev–Trinajstić information content (AvgIpc) is 2.54. The minimum absolute atomic E-state index is 0.0337. The van der Waals surface area contributed by atoms with Crippen LogP contribution < -0.4 is 0 Å². The van der Waals surface area contributed by atoms with Gasteiger partial charge in [-0.05, 0) is 36.9 Å². The van der Waals surface area contributed by atoms with Gasteiger partial charge < -0.3 is 4.90 Å². The van der Waals surface area contributed by atoms with Crippen LogP contribution in [0.15, 0.2) is 47.4 Å². The van der Waals surface area contributed by atoms with E-state index in [4.69, 9.17) is 0 Å². The molecule has 0 fully saturated rings. The van der Waals surface area contributed by atoms with Crippen molar-refractivity contribution in [1.82, 2.24) is 4.90 Å². The van der Waals surface area contributed by atoms with Crippen molar-refractivity contribution in [2.75, 3.05) is 13.3 Å². The second-order valence-corrected chi connectivity index (χ2v) is 6.10. The van der Waals surface area contributed by atoms with Crippen LogP contribution >= 0.6 is 11.8 Å². The molecule has 120 valence electrons. The van der Waals surface area contributed by atoms with Crippen molar-refractivity contribution in [2.24, 2.45) is 0 Å². The van der Waals surface area contributed by atoms with Crippen molar-refractivity contribution in [1.29, 1.82) is 0 Å². The first-order valence-electron chi connectivity index (χ1n) is 7.06. The minimum atomic E-state index is -0.465. The van der Waals surface area contributed by atoms with Gasteiger partial charge in [0, 0.05) is 35.7 Å². The molecule has 0 aliphatic rings. The molecular weight excluding hydrogens is 312 g/mol. The predicted molar refractivity (Wildman–Crippen MR) is 91.9 cm³/mol. The number of amides is 1. The third-order valence-electron chi connectivity index (χ3n) is 3.66. The van der Waals surface area contributed by atoms with E-state index in [0.717, 1.165) is 10.5 Å². The highest BCUT2D eigenvalue weighted by Gasteiger charge is 2.20. The summed E-state index contributed by atoms with van der Waals surface area (Å²) < 4.78 is 0. The molecule has 23 heavy (non-hydrogen) atoms. The Morgan fingerprint density at radius 2 is 1.87 bits per heavy atom. The highest BCUT2D eigenvalue weighted by Crippen LogP contribution is 2.23. The van der Waals surface area contributed by atoms with Gasteiger partial charge in [-0.2, -0.15) is 0 Å². The number of nitro benzene ring substituents is 1. The highest BCUT2D eigenvalue weighted by atomic mass is 32.2. The number of carbonyl (C=O) groups is 1. The number of carbonyl (C=O) groups excluding carboxylic acids is 1. The van der Waals surface area contributed by atoms with E-state index < -0.39 is 4.92 Å². The Kier molecular flexibility index (Phi) is 5.39. The van der Waals surface area contributed by atoms with Gasteiger partial charge in [-0.3, -0.25) is 14.9 Å². The van der Waals surface area contributed by atoms with Gasteiger partial charge in [0.15, 0.2) is 0 Å². The molecule has 2 aromatic carbocycles. The molecule has 1 amide bonds. The van der Waals surface area contributed by atoms with Crippen LogP contribution in [0, 0.1) is 17.0 Å². The Bertz CT molecular complexity index is 729. The summed E-state index contributed by atoms with van der Waals surface area (Å²) in [5.74, 6) is -0.222. The Morgan fingerprint density at radius 1 is 1.22 bits per heavy atom. The zero-order chi connectivity index (χ0) is 17.0. The zero-order valence-electron chi connectivity index (χ0n) is 13.3. The lowest BCUT2D eigenvalue weighted by atomic mass is 10.1. The van der Waals surface area contributed by atoms with Gasteiger partial charge in [0.05, 0.1) is 4.92 Å². The minimum Gasteiger partial charge on any atom is -0.337 e. The van der Waals surface area contributed by atoms with Gasteiger partial charge in [-0.15, -0.1) is 11.8 Å². The second kappa shape index (κ2) is 7.28. The third-order valence-corrected chi connectivity index (χ3v) is 4.40. The predicted octanol–water partition coefficient (Wildman–Crippen LogP) is 3.90. The summed E-state index contributed by atoms with van der Waals surface area (Å²) in [6, 6.07) is 12.6. The smallest absolute Gasteiger partial charge is 0.273 e. The summed E-state index contributed by atoms with van der Waals surface area (Å²) in [5, 5.41) is 11.0. The van der Waals surface area contributed by atoms with E-state index in [1.807, 2.05) is 30.5 Å². The van der Waals surface area contributed by atoms with Crippen LogP contribution in [0.1, 0.15) is 21.5 Å². The maximum atomic E-state index is 12.6. The molecule has 5 nitrogen and oxygen atoms in total. The molecule has 0 radical (unpaired) electrons. The molecule has 6 heteroatoms. The van der Waals surface area contributed by atoms with Crippen molar-refractivity contribution in [3.8, 4) is 0 Å². The van der Waals surface area contributed by atoms with Crippen molar-refractivity contribution < 1.29 is 9.72 Å². The third kappa shape index (κ3) is 3.90. The van der Waals surface area contributed by atoms with Crippen LogP contribution in [0.2, 0.25) is 0 Å². The summed E-state index contributed by atoms with van der Waals surface area (Å²) in [5.41, 5.74) is 1.74. The molecule has 0 saturated heterocycles. The maximum Gasteiger partial charge on any atom is 0.273 e. The van der Waals surface area contributed by atoms with Crippen LogP contribution in [-0.2, 0) is 6.54 Å². The number of thioether (sulfide) groups is 1. The summed E-state index contributed by atoms with van der Waals surface area (Å²) in [6.07, 6.45) is 2.01. The van der Waals surface area contributed by atoms with E-state index in [-0.39, 0.29) is 11.6 Å². The average molecular weight is 330 g/mol. The standard InChI is InChI=1S/C17H18N2O3S/c1-12-15(5-4-6-16(12)19(21)22)17(20)18(2)11-13-7-9-14(23-3)10-8-13/h4-10H,11H2,1-3H3. The van der Waals surface area contributed by atoms with Crippen LogP contribution in [0.3, 0.4) is 0 Å². The highest BCUT2D eigenvalue weighted by molar-refractivity contribution is 7.98. The first kappa shape index (κ1) is 17.0. The van der Waals surface area contributed by atoms with Crippen LogP contribution in [-0.4, -0.2) is 29.0 Å². The number of benzene rings is 2. The molecule has 0 aromatic heterocycles. The van der Waals surface area contributed by atoms with Crippen LogP contribution in [0.25, 0.3) is 0 Å². The largest absolute Gasteiger partial charge is 0.337 e. The lowest BCUT2D eigenvalue weighted by Gasteiger charge is -2.18. The fraction of sp³-hybridized carbons (Fsp3) is 0.235. The van der Waals surface area contributed by atoms with E-state index in [9.17, 15) is 14.9 Å². The first-order chi connectivity index (χ1) is 10.9. The Balaban J connectivity index is 2.19. The molecule has 2 rings (SSSR count). The summed E-state index contributed by atoms with van der Waals surface area (Å²) in [4.78, 5) is 25.8. The summed E-state index contributed by atoms with van der Waals surface area (Å²) in [6.45, 7) is 2.06. The molecule has 0 aliphatic heterocycles. The van der Waals surface area contributed by atoms with Gasteiger partial charge in [0.25, 0.3) is 11.6 Å². The molecular formula is C17H18N2O3S. The fourth-order valence-electron chi connectivity index (χ4n) is 2.34. The van der Waals surface area contributed by atoms with E-state index in [1.165, 1.54) is 6.07 Å². The van der Waals surface area contributed by atoms with Crippen molar-refractivity contribution in [3.05, 3.63) is 69.3 Å². The van der Waals surface area contributed by atoms with Gasteiger partial charge in [0.1, 0.15) is 0 Å². The number of hydrogen-bond donors (Lipinski definition) is 0. The molecule has 0 heterocycles. The Hall–Kier alpha value is -2.34. The zero-order valence-corrected chi connectivity index (χ0v) is 14.1. The summed E-state index contributed by atoms with van der Waals surface area (Å²) in [7, 11) is 1.70. The molecule has 0 unspecified atom stereocenters. The fourth-order valence-corrected chi connectivity index (χ4v) is 2.74. The number of nitro groups is 1. The molecule has 0 bridgehead atoms. The van der Waals surface area contributed by atoms with Gasteiger partial charge >= 0.3 is 0 Å². The van der Waals surface area contributed by atoms with E-state index >= 15 is 0 Å². The number of rotatable bonds is 5. The Morgan fingerprint density at radius 3 is 2.43 bits per heavy atom. The molecule has 0 atom stereocenters. The second-order valence-electron chi connectivity index (χ2n) is 5.22. The SMILES string of the molecule is CSc1ccc(CN(C)C(=O)c2cccc([N+](=O)[O-])c2C)cc1. The van der Waals surface area contributed by atoms with Crippen molar-refractivity contribution in [3.63, 3.8) is 0 Å². The first-order valence-corrected chi connectivity index (χ1v) is 8.29. The molecule has 2 aromatic rings. The van der Waals surface area contributed by atoms with Gasteiger partial charge in [-0.25, -0.2) is 0 Å². The molecule has 0 aliphatic carbocycles. The van der Waals surface area contributed by atoms with E-state index in [2.05, 4.69) is 0 Å². The number of hydrogen-bond acceptors (Lipinski definition) is 4.